The van der Waals surface area contributed by atoms with Crippen molar-refractivity contribution in [2.75, 3.05) is 32.7 Å². The Balaban J connectivity index is 1.61. The highest BCUT2D eigenvalue weighted by Gasteiger charge is 2.26. The molecule has 0 bridgehead atoms. The van der Waals surface area contributed by atoms with E-state index in [-0.39, 0.29) is 0 Å². The second-order valence-electron chi connectivity index (χ2n) is 8.16. The van der Waals surface area contributed by atoms with Gasteiger partial charge in [-0.3, -0.25) is 4.79 Å². The molecule has 0 N–H and O–H groups in total. The number of nitrogens with zero attached hydrogens (tertiary/aromatic N) is 2. The maximum absolute atomic E-state index is 12.3. The molecular weight excluding hydrogens is 272 g/mol. The summed E-state index contributed by atoms with van der Waals surface area (Å²) in [5.74, 6) is 3.64. The molecule has 2 aliphatic heterocycles. The molecule has 0 aromatic rings. The molecule has 22 heavy (non-hydrogen) atoms. The van der Waals surface area contributed by atoms with Crippen molar-refractivity contribution in [3.63, 3.8) is 0 Å². The zero-order chi connectivity index (χ0) is 16.1. The first-order chi connectivity index (χ1) is 10.5. The normalized spacial score (nSPS) is 24.6. The summed E-state index contributed by atoms with van der Waals surface area (Å²) in [6.07, 6.45) is 5.52. The lowest BCUT2D eigenvalue weighted by molar-refractivity contribution is -0.132. The van der Waals surface area contributed by atoms with Crippen molar-refractivity contribution in [3.8, 4) is 0 Å². The summed E-state index contributed by atoms with van der Waals surface area (Å²) in [6.45, 7) is 14.8. The molecule has 1 amide bonds. The van der Waals surface area contributed by atoms with Gasteiger partial charge in [0.1, 0.15) is 0 Å². The molecule has 3 heteroatoms. The zero-order valence-electron chi connectivity index (χ0n) is 15.2. The fourth-order valence-electron chi connectivity index (χ4n) is 4.04. The Morgan fingerprint density at radius 3 is 2.09 bits per heavy atom. The molecule has 128 valence electrons. The number of carbonyl (C=O) groups excluding carboxylic acids is 1. The van der Waals surface area contributed by atoms with E-state index < -0.39 is 0 Å². The van der Waals surface area contributed by atoms with Crippen LogP contribution in [0.1, 0.15) is 59.8 Å². The van der Waals surface area contributed by atoms with Crippen LogP contribution in [0.3, 0.4) is 0 Å². The van der Waals surface area contributed by atoms with Gasteiger partial charge in [-0.2, -0.15) is 0 Å². The molecule has 0 unspecified atom stereocenters. The Morgan fingerprint density at radius 2 is 1.55 bits per heavy atom. The fraction of sp³-hybridized carbons (Fsp3) is 0.947. The number of amides is 1. The van der Waals surface area contributed by atoms with Gasteiger partial charge in [-0.15, -0.1) is 0 Å². The minimum atomic E-state index is 0.391. The third-order valence-electron chi connectivity index (χ3n) is 5.95. The summed E-state index contributed by atoms with van der Waals surface area (Å²) >= 11 is 0. The first kappa shape index (κ1) is 17.8. The lowest BCUT2D eigenvalue weighted by atomic mass is 9.86. The van der Waals surface area contributed by atoms with Gasteiger partial charge in [-0.05, 0) is 62.4 Å². The van der Waals surface area contributed by atoms with E-state index in [1.165, 1.54) is 32.4 Å². The van der Waals surface area contributed by atoms with Crippen LogP contribution >= 0.6 is 0 Å². The smallest absolute Gasteiger partial charge is 0.222 e. The van der Waals surface area contributed by atoms with Crippen LogP contribution < -0.4 is 0 Å². The van der Waals surface area contributed by atoms with Crippen LogP contribution in [-0.2, 0) is 4.79 Å². The van der Waals surface area contributed by atoms with Crippen LogP contribution in [0.15, 0.2) is 0 Å². The Hall–Kier alpha value is -0.570. The average molecular weight is 309 g/mol. The Labute approximate surface area is 137 Å². The minimum absolute atomic E-state index is 0.391. The highest BCUT2D eigenvalue weighted by Crippen LogP contribution is 2.25. The highest BCUT2D eigenvalue weighted by atomic mass is 16.2. The monoisotopic (exact) mass is 308 g/mol. The van der Waals surface area contributed by atoms with E-state index in [4.69, 9.17) is 0 Å². The summed E-state index contributed by atoms with van der Waals surface area (Å²) < 4.78 is 0. The first-order valence-corrected chi connectivity index (χ1v) is 9.47. The van der Waals surface area contributed by atoms with Gasteiger partial charge in [0.15, 0.2) is 0 Å². The molecule has 0 spiro atoms. The van der Waals surface area contributed by atoms with E-state index in [0.29, 0.717) is 5.91 Å². The highest BCUT2D eigenvalue weighted by molar-refractivity contribution is 5.76. The Bertz CT molecular complexity index is 345. The SMILES string of the molecule is CC(C)C1CCN(C(=O)CCCN2CC[C@H](C(C)C)C2)CC1. The lowest BCUT2D eigenvalue weighted by Crippen LogP contribution is -2.39. The number of hydrogen-bond donors (Lipinski definition) is 0. The molecule has 0 aromatic heterocycles. The predicted molar refractivity (Wildman–Crippen MR) is 92.8 cm³/mol. The van der Waals surface area contributed by atoms with Crippen LogP contribution in [0.4, 0.5) is 0 Å². The molecule has 3 nitrogen and oxygen atoms in total. The molecule has 0 aromatic carbocycles. The van der Waals surface area contributed by atoms with Crippen LogP contribution in [0.2, 0.25) is 0 Å². The number of likely N-dealkylation sites (tertiary alicyclic amines) is 2. The molecule has 0 radical (unpaired) electrons. The van der Waals surface area contributed by atoms with E-state index in [2.05, 4.69) is 37.5 Å². The minimum Gasteiger partial charge on any atom is -0.343 e. The van der Waals surface area contributed by atoms with Gasteiger partial charge in [0, 0.05) is 26.1 Å². The number of piperidine rings is 1. The summed E-state index contributed by atoms with van der Waals surface area (Å²) in [5, 5.41) is 0. The number of rotatable bonds is 6. The fourth-order valence-corrected chi connectivity index (χ4v) is 4.04. The van der Waals surface area contributed by atoms with Crippen LogP contribution in [-0.4, -0.2) is 48.4 Å². The maximum atomic E-state index is 12.3. The van der Waals surface area contributed by atoms with Crippen molar-refractivity contribution < 1.29 is 4.79 Å². The van der Waals surface area contributed by atoms with Gasteiger partial charge in [-0.1, -0.05) is 27.7 Å². The largest absolute Gasteiger partial charge is 0.343 e. The molecule has 2 aliphatic rings. The standard InChI is InChI=1S/C19H36N2O/c1-15(2)17-8-12-21(13-9-17)19(22)6-5-10-20-11-7-18(14-20)16(3)4/h15-18H,5-14H2,1-4H3/t18-/m0/s1. The Morgan fingerprint density at radius 1 is 0.955 bits per heavy atom. The van der Waals surface area contributed by atoms with E-state index >= 15 is 0 Å². The van der Waals surface area contributed by atoms with Crippen molar-refractivity contribution in [1.29, 1.82) is 0 Å². The van der Waals surface area contributed by atoms with Gasteiger partial charge < -0.3 is 9.80 Å². The quantitative estimate of drug-likeness (QED) is 0.748. The van der Waals surface area contributed by atoms with Crippen molar-refractivity contribution >= 4 is 5.91 Å². The molecule has 2 fully saturated rings. The Kier molecular flexibility index (Phi) is 6.73. The zero-order valence-corrected chi connectivity index (χ0v) is 15.2. The molecule has 2 saturated heterocycles. The lowest BCUT2D eigenvalue weighted by Gasteiger charge is -2.34. The predicted octanol–water partition coefficient (Wildman–Crippen LogP) is 3.64. The summed E-state index contributed by atoms with van der Waals surface area (Å²) in [6, 6.07) is 0. The first-order valence-electron chi connectivity index (χ1n) is 9.47. The van der Waals surface area contributed by atoms with Gasteiger partial charge in [0.05, 0.1) is 0 Å². The molecule has 2 heterocycles. The van der Waals surface area contributed by atoms with E-state index in [1.54, 1.807) is 0 Å². The molecule has 0 saturated carbocycles. The van der Waals surface area contributed by atoms with Crippen LogP contribution in [0.5, 0.6) is 0 Å². The molecular formula is C19H36N2O. The van der Waals surface area contributed by atoms with Gasteiger partial charge in [-0.25, -0.2) is 0 Å². The van der Waals surface area contributed by atoms with E-state index in [1.807, 2.05) is 0 Å². The van der Waals surface area contributed by atoms with Crippen LogP contribution in [0, 0.1) is 23.7 Å². The van der Waals surface area contributed by atoms with Gasteiger partial charge >= 0.3 is 0 Å². The van der Waals surface area contributed by atoms with Crippen LogP contribution in [0.25, 0.3) is 0 Å². The molecule has 0 aliphatic carbocycles. The van der Waals surface area contributed by atoms with Gasteiger partial charge in [0.25, 0.3) is 0 Å². The van der Waals surface area contributed by atoms with Crippen molar-refractivity contribution in [2.45, 2.75) is 59.8 Å². The van der Waals surface area contributed by atoms with Crippen molar-refractivity contribution in [2.24, 2.45) is 23.7 Å². The number of hydrogen-bond acceptors (Lipinski definition) is 2. The van der Waals surface area contributed by atoms with E-state index in [0.717, 1.165) is 56.1 Å². The average Bonchev–Trinajstić information content (AvgIpc) is 2.96. The second kappa shape index (κ2) is 8.33. The maximum Gasteiger partial charge on any atom is 0.222 e. The van der Waals surface area contributed by atoms with E-state index in [9.17, 15) is 4.79 Å². The summed E-state index contributed by atoms with van der Waals surface area (Å²) in [4.78, 5) is 17.0. The van der Waals surface area contributed by atoms with Crippen molar-refractivity contribution in [1.82, 2.24) is 9.80 Å². The third-order valence-corrected chi connectivity index (χ3v) is 5.95. The third kappa shape index (κ3) is 4.97. The second-order valence-corrected chi connectivity index (χ2v) is 8.16. The van der Waals surface area contributed by atoms with Crippen molar-refractivity contribution in [3.05, 3.63) is 0 Å². The topological polar surface area (TPSA) is 23.6 Å². The number of carbonyl (C=O) groups is 1. The summed E-state index contributed by atoms with van der Waals surface area (Å²) in [5.41, 5.74) is 0. The van der Waals surface area contributed by atoms with Gasteiger partial charge in [0.2, 0.25) is 5.91 Å². The summed E-state index contributed by atoms with van der Waals surface area (Å²) in [7, 11) is 0. The molecule has 2 rings (SSSR count). The molecule has 1 atom stereocenters.